The quantitative estimate of drug-likeness (QED) is 0.624. The minimum Gasteiger partial charge on any atom is -0.384 e. The van der Waals surface area contributed by atoms with Gasteiger partial charge in [-0.1, -0.05) is 0 Å². The van der Waals surface area contributed by atoms with Gasteiger partial charge in [0.15, 0.2) is 0 Å². The molecule has 3 nitrogen and oxygen atoms in total. The van der Waals surface area contributed by atoms with E-state index < -0.39 is 0 Å². The Morgan fingerprint density at radius 1 is 1.53 bits per heavy atom. The summed E-state index contributed by atoms with van der Waals surface area (Å²) in [4.78, 5) is 2.26. The van der Waals surface area contributed by atoms with Crippen LogP contribution in [-0.2, 0) is 0 Å². The van der Waals surface area contributed by atoms with Gasteiger partial charge < -0.3 is 10.6 Å². The lowest BCUT2D eigenvalue weighted by Gasteiger charge is -2.27. The second-order valence-electron chi connectivity index (χ2n) is 4.33. The summed E-state index contributed by atoms with van der Waals surface area (Å²) in [6.45, 7) is 4.21. The zero-order valence-corrected chi connectivity index (χ0v) is 11.8. The largest absolute Gasteiger partial charge is 0.384 e. The van der Waals surface area contributed by atoms with Crippen LogP contribution in [0.15, 0.2) is 18.2 Å². The molecule has 17 heavy (non-hydrogen) atoms. The van der Waals surface area contributed by atoms with Crippen LogP contribution in [0.4, 0.5) is 5.69 Å². The van der Waals surface area contributed by atoms with Crippen molar-refractivity contribution in [3.63, 3.8) is 0 Å². The Kier molecular flexibility index (Phi) is 4.87. The summed E-state index contributed by atoms with van der Waals surface area (Å²) >= 11 is 1.85. The zero-order valence-electron chi connectivity index (χ0n) is 10.9. The van der Waals surface area contributed by atoms with E-state index in [-0.39, 0.29) is 5.84 Å². The monoisotopic (exact) mass is 251 g/mol. The molecule has 1 atom stereocenters. The first-order chi connectivity index (χ1) is 7.97. The van der Waals surface area contributed by atoms with Crippen LogP contribution in [0.25, 0.3) is 0 Å². The number of aryl methyl sites for hydroxylation is 1. The smallest absolute Gasteiger partial charge is 0.123 e. The van der Waals surface area contributed by atoms with E-state index in [0.29, 0.717) is 6.04 Å². The second kappa shape index (κ2) is 5.96. The molecule has 0 spiro atoms. The molecule has 0 saturated heterocycles. The number of hydrogen-bond donors (Lipinski definition) is 2. The third kappa shape index (κ3) is 3.40. The van der Waals surface area contributed by atoms with E-state index in [2.05, 4.69) is 31.2 Å². The molecule has 0 saturated carbocycles. The van der Waals surface area contributed by atoms with Gasteiger partial charge in [-0.05, 0) is 43.9 Å². The molecule has 1 rings (SSSR count). The van der Waals surface area contributed by atoms with E-state index in [0.717, 1.165) is 16.9 Å². The number of amidine groups is 1. The molecule has 0 bridgehead atoms. The fraction of sp³-hybridized carbons (Fsp3) is 0.462. The molecule has 0 fully saturated rings. The molecule has 0 aliphatic rings. The molecular weight excluding hydrogens is 230 g/mol. The maximum atomic E-state index is 7.47. The van der Waals surface area contributed by atoms with Crippen molar-refractivity contribution in [3.8, 4) is 0 Å². The molecule has 0 heterocycles. The lowest BCUT2D eigenvalue weighted by atomic mass is 10.1. The lowest BCUT2D eigenvalue weighted by molar-refractivity contribution is 0.765. The predicted molar refractivity (Wildman–Crippen MR) is 78.4 cm³/mol. The summed E-state index contributed by atoms with van der Waals surface area (Å²) < 4.78 is 0. The number of nitrogen functional groups attached to an aromatic ring is 1. The number of hydrogen-bond acceptors (Lipinski definition) is 3. The normalized spacial score (nSPS) is 12.2. The predicted octanol–water partition coefficient (Wildman–Crippen LogP) is 2.47. The van der Waals surface area contributed by atoms with Crippen molar-refractivity contribution in [3.05, 3.63) is 29.3 Å². The van der Waals surface area contributed by atoms with Crippen molar-refractivity contribution >= 4 is 23.3 Å². The standard InChI is InChI=1S/C13H21N3S/c1-9-7-11(5-6-12(9)13(14)15)16(3)10(2)8-17-4/h5-7,10H,8H2,1-4H3,(H3,14,15). The minimum atomic E-state index is 0.133. The highest BCUT2D eigenvalue weighted by Crippen LogP contribution is 2.20. The average Bonchev–Trinajstić information content (AvgIpc) is 2.27. The summed E-state index contributed by atoms with van der Waals surface area (Å²) in [6, 6.07) is 6.54. The van der Waals surface area contributed by atoms with Crippen molar-refractivity contribution in [2.24, 2.45) is 5.73 Å². The first-order valence-corrected chi connectivity index (χ1v) is 7.03. The minimum absolute atomic E-state index is 0.133. The fourth-order valence-electron chi connectivity index (χ4n) is 1.78. The SMILES string of the molecule is CSCC(C)N(C)c1ccc(C(=N)N)c(C)c1. The van der Waals surface area contributed by atoms with Crippen molar-refractivity contribution < 1.29 is 0 Å². The molecule has 0 aliphatic heterocycles. The van der Waals surface area contributed by atoms with Crippen molar-refractivity contribution in [2.45, 2.75) is 19.9 Å². The van der Waals surface area contributed by atoms with Gasteiger partial charge in [0.25, 0.3) is 0 Å². The zero-order chi connectivity index (χ0) is 13.0. The number of rotatable bonds is 5. The summed E-state index contributed by atoms with van der Waals surface area (Å²) in [5, 5.41) is 7.47. The Bertz CT molecular complexity index is 404. The van der Waals surface area contributed by atoms with E-state index >= 15 is 0 Å². The van der Waals surface area contributed by atoms with Crippen LogP contribution in [-0.4, -0.2) is 30.9 Å². The highest BCUT2D eigenvalue weighted by Gasteiger charge is 2.11. The highest BCUT2D eigenvalue weighted by molar-refractivity contribution is 7.98. The molecule has 0 aliphatic carbocycles. The second-order valence-corrected chi connectivity index (χ2v) is 5.24. The van der Waals surface area contributed by atoms with Gasteiger partial charge in [0.1, 0.15) is 5.84 Å². The van der Waals surface area contributed by atoms with Gasteiger partial charge in [-0.15, -0.1) is 0 Å². The van der Waals surface area contributed by atoms with Gasteiger partial charge in [-0.25, -0.2) is 0 Å². The van der Waals surface area contributed by atoms with Crippen LogP contribution < -0.4 is 10.6 Å². The van der Waals surface area contributed by atoms with E-state index in [1.807, 2.05) is 30.8 Å². The Balaban J connectivity index is 2.93. The van der Waals surface area contributed by atoms with Gasteiger partial charge in [0.2, 0.25) is 0 Å². The van der Waals surface area contributed by atoms with Crippen LogP contribution in [0.2, 0.25) is 0 Å². The maximum absolute atomic E-state index is 7.47. The van der Waals surface area contributed by atoms with Gasteiger partial charge in [0, 0.05) is 30.1 Å². The number of nitrogens with one attached hydrogen (secondary N) is 1. The number of thioether (sulfide) groups is 1. The van der Waals surface area contributed by atoms with Gasteiger partial charge >= 0.3 is 0 Å². The van der Waals surface area contributed by atoms with E-state index in [9.17, 15) is 0 Å². The summed E-state index contributed by atoms with van der Waals surface area (Å²) in [6.07, 6.45) is 2.12. The van der Waals surface area contributed by atoms with Crippen LogP contribution >= 0.6 is 11.8 Å². The molecule has 0 aromatic heterocycles. The van der Waals surface area contributed by atoms with E-state index in [1.165, 1.54) is 5.69 Å². The Labute approximate surface area is 108 Å². The van der Waals surface area contributed by atoms with Crippen molar-refractivity contribution in [1.29, 1.82) is 5.41 Å². The van der Waals surface area contributed by atoms with Crippen LogP contribution in [0.1, 0.15) is 18.1 Å². The van der Waals surface area contributed by atoms with Gasteiger partial charge in [-0.3, -0.25) is 5.41 Å². The van der Waals surface area contributed by atoms with Crippen LogP contribution in [0.3, 0.4) is 0 Å². The molecule has 1 unspecified atom stereocenters. The average molecular weight is 251 g/mol. The lowest BCUT2D eigenvalue weighted by Crippen LogP contribution is -2.30. The number of nitrogens with two attached hydrogens (primary N) is 1. The van der Waals surface area contributed by atoms with Crippen molar-refractivity contribution in [2.75, 3.05) is 24.0 Å². The molecular formula is C13H21N3S. The maximum Gasteiger partial charge on any atom is 0.123 e. The topological polar surface area (TPSA) is 53.1 Å². The molecule has 1 aromatic carbocycles. The molecule has 3 N–H and O–H groups in total. The van der Waals surface area contributed by atoms with E-state index in [1.54, 1.807) is 0 Å². The third-order valence-electron chi connectivity index (χ3n) is 2.98. The highest BCUT2D eigenvalue weighted by atomic mass is 32.2. The Morgan fingerprint density at radius 3 is 2.65 bits per heavy atom. The molecule has 4 heteroatoms. The number of anilines is 1. The molecule has 1 aromatic rings. The number of benzene rings is 1. The summed E-state index contributed by atoms with van der Waals surface area (Å²) in [5.41, 5.74) is 8.56. The first-order valence-electron chi connectivity index (χ1n) is 5.64. The first kappa shape index (κ1) is 13.9. The van der Waals surface area contributed by atoms with Gasteiger partial charge in [0.05, 0.1) is 0 Å². The molecule has 0 radical (unpaired) electrons. The number of nitrogens with zero attached hydrogens (tertiary/aromatic N) is 1. The van der Waals surface area contributed by atoms with E-state index in [4.69, 9.17) is 11.1 Å². The Morgan fingerprint density at radius 2 is 2.18 bits per heavy atom. The van der Waals surface area contributed by atoms with Crippen LogP contribution in [0.5, 0.6) is 0 Å². The Hall–Kier alpha value is -1.16. The third-order valence-corrected chi connectivity index (χ3v) is 3.79. The van der Waals surface area contributed by atoms with Gasteiger partial charge in [-0.2, -0.15) is 11.8 Å². The molecule has 0 amide bonds. The van der Waals surface area contributed by atoms with Crippen LogP contribution in [0, 0.1) is 12.3 Å². The molecule has 94 valence electrons. The summed E-state index contributed by atoms with van der Waals surface area (Å²) in [7, 11) is 2.10. The van der Waals surface area contributed by atoms with Crippen molar-refractivity contribution in [1.82, 2.24) is 0 Å². The fourth-order valence-corrected chi connectivity index (χ4v) is 2.48. The summed E-state index contributed by atoms with van der Waals surface area (Å²) in [5.74, 6) is 1.23.